The van der Waals surface area contributed by atoms with Crippen LogP contribution in [0.4, 0.5) is 9.18 Å². The van der Waals surface area contributed by atoms with Crippen molar-refractivity contribution in [3.05, 3.63) is 71.5 Å². The van der Waals surface area contributed by atoms with Crippen LogP contribution in [0.3, 0.4) is 0 Å². The van der Waals surface area contributed by atoms with E-state index in [1.165, 1.54) is 12.1 Å². The van der Waals surface area contributed by atoms with Crippen molar-refractivity contribution < 1.29 is 18.4 Å². The summed E-state index contributed by atoms with van der Waals surface area (Å²) in [5.41, 5.74) is 2.63. The largest absolute Gasteiger partial charge is 0.497 e. The maximum Gasteiger partial charge on any atom is 0.322 e. The Morgan fingerprint density at radius 1 is 1.23 bits per heavy atom. The molecule has 8 heteroatoms. The van der Waals surface area contributed by atoms with Crippen LogP contribution in [0.5, 0.6) is 5.75 Å². The van der Waals surface area contributed by atoms with Crippen LogP contribution in [-0.2, 0) is 0 Å². The van der Waals surface area contributed by atoms with Gasteiger partial charge in [-0.3, -0.25) is 4.90 Å². The zero-order valence-corrected chi connectivity index (χ0v) is 16.8. The van der Waals surface area contributed by atoms with E-state index in [9.17, 15) is 9.18 Å². The fraction of sp³-hybridized carbons (Fsp3) is 0.227. The number of rotatable bonds is 5. The summed E-state index contributed by atoms with van der Waals surface area (Å²) in [6, 6.07) is 12.5. The fourth-order valence-corrected chi connectivity index (χ4v) is 3.59. The van der Waals surface area contributed by atoms with Crippen LogP contribution >= 0.6 is 0 Å². The van der Waals surface area contributed by atoms with Crippen molar-refractivity contribution in [2.45, 2.75) is 19.9 Å². The second-order valence-electron chi connectivity index (χ2n) is 6.84. The number of nitrogens with zero attached hydrogens (tertiary/aromatic N) is 3. The highest BCUT2D eigenvalue weighted by molar-refractivity contribution is 5.86. The highest BCUT2D eigenvalue weighted by Gasteiger charge is 2.35. The Bertz CT molecular complexity index is 1120. The minimum absolute atomic E-state index is 0.262. The smallest absolute Gasteiger partial charge is 0.322 e. The molecule has 2 heterocycles. The summed E-state index contributed by atoms with van der Waals surface area (Å²) in [5.74, 6) is 0.938. The lowest BCUT2D eigenvalue weighted by molar-refractivity contribution is 0.207. The van der Waals surface area contributed by atoms with Crippen LogP contribution < -0.4 is 10.1 Å². The molecule has 1 N–H and O–H groups in total. The molecule has 0 saturated carbocycles. The number of carbonyl (C=O) groups is 1. The first kappa shape index (κ1) is 19.6. The van der Waals surface area contributed by atoms with E-state index in [4.69, 9.17) is 9.26 Å². The van der Waals surface area contributed by atoms with Crippen LogP contribution in [0, 0.1) is 5.82 Å². The fourth-order valence-electron chi connectivity index (χ4n) is 3.59. The molecule has 4 rings (SSSR count). The molecule has 0 spiro atoms. The molecule has 0 fully saturated rings. The van der Waals surface area contributed by atoms with Crippen LogP contribution in [0.15, 0.2) is 58.8 Å². The van der Waals surface area contributed by atoms with Gasteiger partial charge in [-0.2, -0.15) is 4.98 Å². The summed E-state index contributed by atoms with van der Waals surface area (Å²) in [6.45, 7) is 4.16. The Kier molecular flexibility index (Phi) is 5.22. The second-order valence-corrected chi connectivity index (χ2v) is 6.84. The number of halogens is 1. The third-order valence-corrected chi connectivity index (χ3v) is 5.08. The third-order valence-electron chi connectivity index (χ3n) is 5.08. The van der Waals surface area contributed by atoms with E-state index in [2.05, 4.69) is 15.5 Å². The lowest BCUT2D eigenvalue weighted by Crippen LogP contribution is -2.45. The molecule has 30 heavy (non-hydrogen) atoms. The van der Waals surface area contributed by atoms with E-state index in [-0.39, 0.29) is 17.7 Å². The molecule has 2 aromatic carbocycles. The van der Waals surface area contributed by atoms with Gasteiger partial charge < -0.3 is 14.6 Å². The maximum absolute atomic E-state index is 13.9. The van der Waals surface area contributed by atoms with Gasteiger partial charge in [0.1, 0.15) is 11.6 Å². The Morgan fingerprint density at radius 2 is 2.03 bits per heavy atom. The predicted molar refractivity (Wildman–Crippen MR) is 109 cm³/mol. The molecule has 1 aromatic heterocycles. The Labute approximate surface area is 173 Å². The van der Waals surface area contributed by atoms with Gasteiger partial charge in [0.15, 0.2) is 0 Å². The highest BCUT2D eigenvalue weighted by Crippen LogP contribution is 2.37. The molecule has 1 aliphatic rings. The van der Waals surface area contributed by atoms with Crippen molar-refractivity contribution in [3.8, 4) is 17.1 Å². The van der Waals surface area contributed by atoms with Gasteiger partial charge in [0.05, 0.1) is 18.7 Å². The van der Waals surface area contributed by atoms with Crippen molar-refractivity contribution in [1.29, 1.82) is 0 Å². The van der Waals surface area contributed by atoms with E-state index in [1.807, 2.05) is 32.0 Å². The summed E-state index contributed by atoms with van der Waals surface area (Å²) in [5, 5.41) is 7.03. The number of hydrogen-bond donors (Lipinski definition) is 1. The van der Waals surface area contributed by atoms with Gasteiger partial charge in [0.25, 0.3) is 5.89 Å². The zero-order chi connectivity index (χ0) is 21.3. The number of nitrogens with one attached hydrogen (secondary N) is 1. The van der Waals surface area contributed by atoms with Gasteiger partial charge in [0.2, 0.25) is 5.82 Å². The van der Waals surface area contributed by atoms with Crippen molar-refractivity contribution in [2.24, 2.45) is 0 Å². The molecule has 0 aliphatic carbocycles. The van der Waals surface area contributed by atoms with Crippen LogP contribution in [0.1, 0.15) is 31.3 Å². The number of aromatic nitrogens is 2. The van der Waals surface area contributed by atoms with Crippen molar-refractivity contribution in [3.63, 3.8) is 0 Å². The standard InChI is InChI=1S/C22H21FN4O3/c1-4-27-13(2)18(19(24-22(27)28)14-7-5-9-16(23)11-14)21-25-20(26-30-21)15-8-6-10-17(12-15)29-3/h5-12,19H,4H2,1-3H3,(H,24,28). The molecule has 1 aliphatic heterocycles. The first-order valence-corrected chi connectivity index (χ1v) is 9.54. The van der Waals surface area contributed by atoms with Gasteiger partial charge in [-0.1, -0.05) is 29.4 Å². The molecular weight excluding hydrogens is 387 g/mol. The van der Waals surface area contributed by atoms with Crippen molar-refractivity contribution in [2.75, 3.05) is 13.7 Å². The first-order chi connectivity index (χ1) is 14.5. The van der Waals surface area contributed by atoms with Gasteiger partial charge >= 0.3 is 6.03 Å². The number of urea groups is 1. The summed E-state index contributed by atoms with van der Waals surface area (Å²) in [7, 11) is 1.59. The molecule has 1 unspecified atom stereocenters. The summed E-state index contributed by atoms with van der Waals surface area (Å²) in [6.07, 6.45) is 0. The Morgan fingerprint density at radius 3 is 2.77 bits per heavy atom. The quantitative estimate of drug-likeness (QED) is 0.677. The molecule has 3 aromatic rings. The number of hydrogen-bond acceptors (Lipinski definition) is 5. The van der Waals surface area contributed by atoms with E-state index in [1.54, 1.807) is 30.2 Å². The topological polar surface area (TPSA) is 80.5 Å². The lowest BCUT2D eigenvalue weighted by atomic mass is 9.94. The van der Waals surface area contributed by atoms with Crippen molar-refractivity contribution >= 4 is 11.6 Å². The molecule has 0 bridgehead atoms. The van der Waals surface area contributed by atoms with E-state index >= 15 is 0 Å². The molecule has 2 amide bonds. The number of ether oxygens (including phenoxy) is 1. The SMILES string of the molecule is CCN1C(=O)NC(c2cccc(F)c2)C(c2nc(-c3cccc(OC)c3)no2)=C1C. The molecular formula is C22H21FN4O3. The van der Waals surface area contributed by atoms with Crippen molar-refractivity contribution in [1.82, 2.24) is 20.4 Å². The molecule has 1 atom stereocenters. The predicted octanol–water partition coefficient (Wildman–Crippen LogP) is 4.40. The lowest BCUT2D eigenvalue weighted by Gasteiger charge is -2.34. The number of methoxy groups -OCH3 is 1. The number of carbonyl (C=O) groups excluding carboxylic acids is 1. The van der Waals surface area contributed by atoms with Gasteiger partial charge in [-0.15, -0.1) is 0 Å². The van der Waals surface area contributed by atoms with Gasteiger partial charge in [-0.05, 0) is 43.7 Å². The van der Waals surface area contributed by atoms with Gasteiger partial charge in [0, 0.05) is 17.8 Å². The summed E-state index contributed by atoms with van der Waals surface area (Å²) >= 11 is 0. The minimum Gasteiger partial charge on any atom is -0.497 e. The third kappa shape index (κ3) is 3.52. The maximum atomic E-state index is 13.9. The molecule has 154 valence electrons. The first-order valence-electron chi connectivity index (χ1n) is 9.54. The second kappa shape index (κ2) is 7.98. The Balaban J connectivity index is 1.81. The number of allylic oxidation sites excluding steroid dienone is 1. The molecule has 7 nitrogen and oxygen atoms in total. The van der Waals surface area contributed by atoms with Crippen LogP contribution in [0.2, 0.25) is 0 Å². The average molecular weight is 408 g/mol. The number of amides is 2. The Hall–Kier alpha value is -3.68. The normalized spacial score (nSPS) is 16.6. The van der Waals surface area contributed by atoms with E-state index < -0.39 is 6.04 Å². The van der Waals surface area contributed by atoms with E-state index in [0.717, 1.165) is 5.56 Å². The number of benzene rings is 2. The monoisotopic (exact) mass is 408 g/mol. The highest BCUT2D eigenvalue weighted by atomic mass is 19.1. The van der Waals surface area contributed by atoms with Crippen LogP contribution in [-0.4, -0.2) is 34.7 Å². The summed E-state index contributed by atoms with van der Waals surface area (Å²) in [4.78, 5) is 18.7. The average Bonchev–Trinajstić information content (AvgIpc) is 3.23. The minimum atomic E-state index is -0.616. The van der Waals surface area contributed by atoms with Gasteiger partial charge in [-0.25, -0.2) is 9.18 Å². The van der Waals surface area contributed by atoms with E-state index in [0.29, 0.717) is 35.0 Å². The molecule has 0 radical (unpaired) electrons. The zero-order valence-electron chi connectivity index (χ0n) is 16.8. The summed E-state index contributed by atoms with van der Waals surface area (Å²) < 4.78 is 24.7. The van der Waals surface area contributed by atoms with Crippen LogP contribution in [0.25, 0.3) is 17.0 Å². The molecule has 0 saturated heterocycles.